The molecule has 0 aliphatic carbocycles. The molecule has 2 N–H and O–H groups in total. The molecule has 1 aliphatic heterocycles. The summed E-state index contributed by atoms with van der Waals surface area (Å²) >= 11 is 0. The molecule has 1 saturated heterocycles. The predicted molar refractivity (Wildman–Crippen MR) is 108 cm³/mol. The van der Waals surface area contributed by atoms with Crippen molar-refractivity contribution in [3.63, 3.8) is 0 Å². The highest BCUT2D eigenvalue weighted by Crippen LogP contribution is 2.30. The molecule has 1 fully saturated rings. The third-order valence-corrected chi connectivity index (χ3v) is 4.53. The number of benzene rings is 2. The first-order valence-corrected chi connectivity index (χ1v) is 9.24. The first kappa shape index (κ1) is 19.0. The number of hydrogen-bond donors (Lipinski definition) is 2. The molecule has 1 aliphatic rings. The number of nitrogens with one attached hydrogen (secondary N) is 2. The van der Waals surface area contributed by atoms with Gasteiger partial charge in [-0.15, -0.1) is 0 Å². The largest absolute Gasteiger partial charge is 0.492 e. The highest BCUT2D eigenvalue weighted by Gasteiger charge is 2.23. The minimum Gasteiger partial charge on any atom is -0.492 e. The van der Waals surface area contributed by atoms with Gasteiger partial charge in [-0.05, 0) is 38.1 Å². The Bertz CT molecular complexity index is 759. The minimum atomic E-state index is -0.354. The maximum atomic E-state index is 11.4. The normalized spacial score (nSPS) is 19.6. The zero-order valence-electron chi connectivity index (χ0n) is 15.7. The average Bonchev–Trinajstić information content (AvgIpc) is 2.65. The molecule has 0 aromatic heterocycles. The van der Waals surface area contributed by atoms with Gasteiger partial charge in [-0.3, -0.25) is 10.1 Å². The molecule has 0 unspecified atom stereocenters. The van der Waals surface area contributed by atoms with Crippen LogP contribution in [0.25, 0.3) is 0 Å². The van der Waals surface area contributed by atoms with E-state index in [9.17, 15) is 10.1 Å². The molecule has 0 amide bonds. The summed E-state index contributed by atoms with van der Waals surface area (Å²) in [7, 11) is 0. The van der Waals surface area contributed by atoms with Crippen LogP contribution in [-0.2, 0) is 0 Å². The summed E-state index contributed by atoms with van der Waals surface area (Å²) < 4.78 is 5.65. The fourth-order valence-electron chi connectivity index (χ4n) is 3.43. The quantitative estimate of drug-likeness (QED) is 0.442. The van der Waals surface area contributed by atoms with E-state index in [0.29, 0.717) is 30.9 Å². The second kappa shape index (κ2) is 8.73. The summed E-state index contributed by atoms with van der Waals surface area (Å²) in [6.45, 7) is 6.94. The first-order chi connectivity index (χ1) is 13.0. The van der Waals surface area contributed by atoms with E-state index >= 15 is 0 Å². The van der Waals surface area contributed by atoms with E-state index < -0.39 is 0 Å². The summed E-state index contributed by atoms with van der Waals surface area (Å²) in [6.07, 6.45) is 0. The molecule has 0 saturated carbocycles. The number of hydrogen-bond acceptors (Lipinski definition) is 6. The van der Waals surface area contributed by atoms with Gasteiger partial charge in [-0.1, -0.05) is 18.2 Å². The van der Waals surface area contributed by atoms with Crippen LogP contribution >= 0.6 is 0 Å². The van der Waals surface area contributed by atoms with Crippen molar-refractivity contribution in [2.24, 2.45) is 0 Å². The van der Waals surface area contributed by atoms with Crippen molar-refractivity contribution < 1.29 is 9.66 Å². The van der Waals surface area contributed by atoms with E-state index in [1.165, 1.54) is 0 Å². The molecule has 27 heavy (non-hydrogen) atoms. The van der Waals surface area contributed by atoms with Gasteiger partial charge >= 0.3 is 0 Å². The average molecular weight is 370 g/mol. The maximum Gasteiger partial charge on any atom is 0.292 e. The third kappa shape index (κ3) is 5.10. The van der Waals surface area contributed by atoms with Crippen molar-refractivity contribution in [2.75, 3.05) is 36.5 Å². The van der Waals surface area contributed by atoms with E-state index in [4.69, 9.17) is 4.74 Å². The van der Waals surface area contributed by atoms with Crippen LogP contribution in [0.5, 0.6) is 5.75 Å². The minimum absolute atomic E-state index is 0.0784. The second-order valence-corrected chi connectivity index (χ2v) is 6.92. The Hall–Kier alpha value is -2.80. The highest BCUT2D eigenvalue weighted by molar-refractivity contribution is 5.69. The van der Waals surface area contributed by atoms with Crippen molar-refractivity contribution in [3.8, 4) is 5.75 Å². The molecule has 2 aromatic rings. The molecule has 0 spiro atoms. The van der Waals surface area contributed by atoms with Crippen LogP contribution < -0.4 is 20.3 Å². The zero-order valence-corrected chi connectivity index (χ0v) is 15.7. The molecule has 2 atom stereocenters. The molecule has 7 heteroatoms. The molecule has 7 nitrogen and oxygen atoms in total. The van der Waals surface area contributed by atoms with Crippen molar-refractivity contribution in [1.82, 2.24) is 5.32 Å². The van der Waals surface area contributed by atoms with E-state index in [1.807, 2.05) is 42.5 Å². The van der Waals surface area contributed by atoms with Crippen LogP contribution in [-0.4, -0.2) is 43.2 Å². The van der Waals surface area contributed by atoms with Crippen molar-refractivity contribution in [1.29, 1.82) is 0 Å². The fraction of sp³-hybridized carbons (Fsp3) is 0.400. The summed E-state index contributed by atoms with van der Waals surface area (Å²) in [5, 5.41) is 18.0. The molecular formula is C20H26N4O3. The van der Waals surface area contributed by atoms with Gasteiger partial charge in [-0.25, -0.2) is 0 Å². The lowest BCUT2D eigenvalue weighted by Crippen LogP contribution is -2.54. The predicted octanol–water partition coefficient (Wildman–Crippen LogP) is 3.27. The van der Waals surface area contributed by atoms with Crippen LogP contribution in [0.15, 0.2) is 48.5 Å². The molecule has 2 aromatic carbocycles. The Balaban J connectivity index is 1.67. The number of nitro groups is 1. The van der Waals surface area contributed by atoms with Crippen molar-refractivity contribution >= 4 is 17.1 Å². The van der Waals surface area contributed by atoms with Crippen molar-refractivity contribution in [3.05, 3.63) is 58.6 Å². The van der Waals surface area contributed by atoms with Crippen LogP contribution in [0.4, 0.5) is 17.1 Å². The molecule has 1 heterocycles. The topological polar surface area (TPSA) is 79.7 Å². The lowest BCUT2D eigenvalue weighted by atomic mass is 10.1. The van der Waals surface area contributed by atoms with Gasteiger partial charge in [0.2, 0.25) is 0 Å². The Morgan fingerprint density at radius 3 is 2.56 bits per heavy atom. The van der Waals surface area contributed by atoms with Crippen LogP contribution in [0.1, 0.15) is 13.8 Å². The second-order valence-electron chi connectivity index (χ2n) is 6.92. The van der Waals surface area contributed by atoms with E-state index in [1.54, 1.807) is 6.07 Å². The lowest BCUT2D eigenvalue weighted by Gasteiger charge is -2.37. The Morgan fingerprint density at radius 1 is 1.19 bits per heavy atom. The smallest absolute Gasteiger partial charge is 0.292 e. The summed E-state index contributed by atoms with van der Waals surface area (Å²) in [5.74, 6) is 0.784. The van der Waals surface area contributed by atoms with Gasteiger partial charge in [0.15, 0.2) is 0 Å². The summed E-state index contributed by atoms with van der Waals surface area (Å²) in [6, 6.07) is 15.5. The van der Waals surface area contributed by atoms with Gasteiger partial charge in [0, 0.05) is 43.5 Å². The van der Waals surface area contributed by atoms with Crippen molar-refractivity contribution in [2.45, 2.75) is 25.9 Å². The molecular weight excluding hydrogens is 344 g/mol. The molecule has 0 bridgehead atoms. The standard InChI is InChI=1S/C20H26N4O3/c1-15-13-23(14-16(2)22-15)17-8-9-20(24(25)26)19(12-17)21-10-11-27-18-6-4-3-5-7-18/h3-9,12,15-16,21-22H,10-11,13-14H2,1-2H3/t15-,16-/m0/s1. The number of anilines is 2. The van der Waals surface area contributed by atoms with Gasteiger partial charge in [0.05, 0.1) is 4.92 Å². The molecule has 3 rings (SSSR count). The molecule has 144 valence electrons. The summed E-state index contributed by atoms with van der Waals surface area (Å²) in [5.41, 5.74) is 1.59. The Morgan fingerprint density at radius 2 is 1.89 bits per heavy atom. The van der Waals surface area contributed by atoms with Gasteiger partial charge in [0.25, 0.3) is 5.69 Å². The van der Waals surface area contributed by atoms with E-state index in [0.717, 1.165) is 24.5 Å². The zero-order chi connectivity index (χ0) is 19.2. The summed E-state index contributed by atoms with van der Waals surface area (Å²) in [4.78, 5) is 13.3. The monoisotopic (exact) mass is 370 g/mol. The number of rotatable bonds is 7. The van der Waals surface area contributed by atoms with Crippen LogP contribution in [0, 0.1) is 10.1 Å². The maximum absolute atomic E-state index is 11.4. The number of piperazine rings is 1. The van der Waals surface area contributed by atoms with Gasteiger partial charge in [0.1, 0.15) is 18.0 Å². The molecule has 0 radical (unpaired) electrons. The highest BCUT2D eigenvalue weighted by atomic mass is 16.6. The van der Waals surface area contributed by atoms with Crippen LogP contribution in [0.3, 0.4) is 0 Å². The van der Waals surface area contributed by atoms with Gasteiger partial charge < -0.3 is 20.3 Å². The Labute approximate surface area is 159 Å². The lowest BCUT2D eigenvalue weighted by molar-refractivity contribution is -0.383. The third-order valence-electron chi connectivity index (χ3n) is 4.53. The number of nitrogens with zero attached hydrogens (tertiary/aromatic N) is 2. The fourth-order valence-corrected chi connectivity index (χ4v) is 3.43. The number of ether oxygens (including phenoxy) is 1. The Kier molecular flexibility index (Phi) is 6.13. The number of nitro benzene ring substituents is 1. The van der Waals surface area contributed by atoms with Gasteiger partial charge in [-0.2, -0.15) is 0 Å². The van der Waals surface area contributed by atoms with E-state index in [2.05, 4.69) is 29.4 Å². The number of para-hydroxylation sites is 1. The first-order valence-electron chi connectivity index (χ1n) is 9.24. The SMILES string of the molecule is C[C@H]1CN(c2ccc([N+](=O)[O-])c(NCCOc3ccccc3)c2)C[C@H](C)N1. The van der Waals surface area contributed by atoms with Crippen LogP contribution in [0.2, 0.25) is 0 Å². The van der Waals surface area contributed by atoms with E-state index in [-0.39, 0.29) is 10.6 Å².